The minimum Gasteiger partial charge on any atom is -0.481 e. The van der Waals surface area contributed by atoms with E-state index in [1.807, 2.05) is 0 Å². The highest BCUT2D eigenvalue weighted by molar-refractivity contribution is 5.71. The topological polar surface area (TPSA) is 127 Å². The summed E-state index contributed by atoms with van der Waals surface area (Å²) < 4.78 is 0. The molecule has 2 unspecified atom stereocenters. The van der Waals surface area contributed by atoms with Crippen molar-refractivity contribution in [3.05, 3.63) is 0 Å². The molecule has 0 aliphatic rings. The minimum atomic E-state index is -0.938. The maximum absolute atomic E-state index is 11.1. The second kappa shape index (κ2) is 9.85. The van der Waals surface area contributed by atoms with Gasteiger partial charge < -0.3 is 21.7 Å². The van der Waals surface area contributed by atoms with Crippen LogP contribution in [0.15, 0.2) is 0 Å². The number of unbranched alkanes of at least 4 members (excludes halogenated alkanes) is 2. The number of hydrogen-bond acceptors (Lipinski definition) is 4. The molecule has 6 nitrogen and oxygen atoms in total. The van der Waals surface area contributed by atoms with Crippen molar-refractivity contribution in [1.82, 2.24) is 0 Å². The average molecular weight is 260 g/mol. The summed E-state index contributed by atoms with van der Waals surface area (Å²) >= 11 is 0. The third kappa shape index (κ3) is 8.03. The quantitative estimate of drug-likeness (QED) is 0.407. The standard InChI is InChI=1S/C12H24N2O4/c13-8-3-1-2-6-10(14)9(12(17)18)5-4-7-11(15)16/h9-10H,1-8,13-14H2,(H,15,16)(H,17,18). The SMILES string of the molecule is NCCCCCC(N)C(CCCC(=O)O)C(=O)O. The Balaban J connectivity index is 3.99. The van der Waals surface area contributed by atoms with Crippen LogP contribution in [0.25, 0.3) is 0 Å². The van der Waals surface area contributed by atoms with Crippen LogP contribution in [0.2, 0.25) is 0 Å². The van der Waals surface area contributed by atoms with Crippen LogP contribution < -0.4 is 11.5 Å². The Labute approximate surface area is 107 Å². The Morgan fingerprint density at radius 2 is 1.67 bits per heavy atom. The number of carboxylic acids is 2. The Hall–Kier alpha value is -1.14. The predicted octanol–water partition coefficient (Wildman–Crippen LogP) is 0.789. The van der Waals surface area contributed by atoms with Gasteiger partial charge in [0.2, 0.25) is 0 Å². The first kappa shape index (κ1) is 16.9. The van der Waals surface area contributed by atoms with E-state index in [0.717, 1.165) is 19.3 Å². The van der Waals surface area contributed by atoms with Crippen molar-refractivity contribution in [3.8, 4) is 0 Å². The smallest absolute Gasteiger partial charge is 0.308 e. The molecule has 0 aromatic heterocycles. The van der Waals surface area contributed by atoms with Gasteiger partial charge in [-0.05, 0) is 32.2 Å². The van der Waals surface area contributed by atoms with Gasteiger partial charge in [0.05, 0.1) is 5.92 Å². The number of nitrogens with two attached hydrogens (primary N) is 2. The van der Waals surface area contributed by atoms with Crippen molar-refractivity contribution in [2.75, 3.05) is 6.54 Å². The molecular formula is C12H24N2O4. The van der Waals surface area contributed by atoms with E-state index in [4.69, 9.17) is 21.7 Å². The fraction of sp³-hybridized carbons (Fsp3) is 0.833. The van der Waals surface area contributed by atoms with Gasteiger partial charge in [0.25, 0.3) is 0 Å². The summed E-state index contributed by atoms with van der Waals surface area (Å²) in [6.45, 7) is 0.635. The third-order valence-corrected chi connectivity index (χ3v) is 2.98. The number of hydrogen-bond donors (Lipinski definition) is 4. The van der Waals surface area contributed by atoms with Gasteiger partial charge in [0.1, 0.15) is 0 Å². The van der Waals surface area contributed by atoms with Gasteiger partial charge in [0.15, 0.2) is 0 Å². The van der Waals surface area contributed by atoms with Crippen LogP contribution in [0, 0.1) is 5.92 Å². The van der Waals surface area contributed by atoms with Crippen LogP contribution in [0.5, 0.6) is 0 Å². The van der Waals surface area contributed by atoms with Gasteiger partial charge in [-0.1, -0.05) is 12.8 Å². The maximum atomic E-state index is 11.1. The Bertz CT molecular complexity index is 258. The highest BCUT2D eigenvalue weighted by Gasteiger charge is 2.24. The van der Waals surface area contributed by atoms with Crippen molar-refractivity contribution in [3.63, 3.8) is 0 Å². The lowest BCUT2D eigenvalue weighted by molar-refractivity contribution is -0.143. The monoisotopic (exact) mass is 260 g/mol. The molecular weight excluding hydrogens is 236 g/mol. The van der Waals surface area contributed by atoms with Gasteiger partial charge in [-0.25, -0.2) is 0 Å². The molecule has 0 fully saturated rings. The molecule has 0 aliphatic heterocycles. The van der Waals surface area contributed by atoms with E-state index in [0.29, 0.717) is 25.8 Å². The molecule has 0 rings (SSSR count). The molecule has 6 heteroatoms. The first-order valence-electron chi connectivity index (χ1n) is 6.39. The van der Waals surface area contributed by atoms with Crippen molar-refractivity contribution in [2.45, 2.75) is 51.0 Å². The third-order valence-electron chi connectivity index (χ3n) is 2.98. The molecule has 0 heterocycles. The van der Waals surface area contributed by atoms with Crippen LogP contribution in [0.1, 0.15) is 44.9 Å². The predicted molar refractivity (Wildman–Crippen MR) is 68.1 cm³/mol. The maximum Gasteiger partial charge on any atom is 0.308 e. The first-order chi connectivity index (χ1) is 8.49. The summed E-state index contributed by atoms with van der Waals surface area (Å²) in [5, 5.41) is 17.6. The van der Waals surface area contributed by atoms with Crippen molar-refractivity contribution < 1.29 is 19.8 Å². The fourth-order valence-electron chi connectivity index (χ4n) is 1.90. The van der Waals surface area contributed by atoms with Gasteiger partial charge in [-0.15, -0.1) is 0 Å². The largest absolute Gasteiger partial charge is 0.481 e. The lowest BCUT2D eigenvalue weighted by atomic mass is 9.91. The average Bonchev–Trinajstić information content (AvgIpc) is 2.29. The van der Waals surface area contributed by atoms with Gasteiger partial charge >= 0.3 is 11.9 Å². The summed E-state index contributed by atoms with van der Waals surface area (Å²) in [4.78, 5) is 21.4. The van der Waals surface area contributed by atoms with Crippen LogP contribution in [-0.2, 0) is 9.59 Å². The highest BCUT2D eigenvalue weighted by Crippen LogP contribution is 2.17. The fourth-order valence-corrected chi connectivity index (χ4v) is 1.90. The molecule has 0 saturated carbocycles. The molecule has 0 radical (unpaired) electrons. The summed E-state index contributed by atoms with van der Waals surface area (Å²) in [5.41, 5.74) is 11.2. The number of rotatable bonds is 11. The van der Waals surface area contributed by atoms with Gasteiger partial charge in [-0.2, -0.15) is 0 Å². The van der Waals surface area contributed by atoms with E-state index in [9.17, 15) is 9.59 Å². The van der Waals surface area contributed by atoms with E-state index in [2.05, 4.69) is 0 Å². The summed E-state index contributed by atoms with van der Waals surface area (Å²) in [5.74, 6) is -2.50. The molecule has 0 aliphatic carbocycles. The van der Waals surface area contributed by atoms with Crippen molar-refractivity contribution >= 4 is 11.9 Å². The molecule has 18 heavy (non-hydrogen) atoms. The lowest BCUT2D eigenvalue weighted by Crippen LogP contribution is -2.35. The molecule has 0 bridgehead atoms. The van der Waals surface area contributed by atoms with E-state index in [1.165, 1.54) is 0 Å². The second-order valence-corrected chi connectivity index (χ2v) is 4.53. The van der Waals surface area contributed by atoms with Crippen LogP contribution in [0.4, 0.5) is 0 Å². The minimum absolute atomic E-state index is 0.0102. The summed E-state index contributed by atoms with van der Waals surface area (Å²) in [6, 6.07) is -0.408. The van der Waals surface area contributed by atoms with Crippen LogP contribution in [-0.4, -0.2) is 34.7 Å². The van der Waals surface area contributed by atoms with E-state index >= 15 is 0 Å². The summed E-state index contributed by atoms with van der Waals surface area (Å²) in [7, 11) is 0. The van der Waals surface area contributed by atoms with Crippen molar-refractivity contribution in [1.29, 1.82) is 0 Å². The van der Waals surface area contributed by atoms with E-state index < -0.39 is 23.9 Å². The van der Waals surface area contributed by atoms with E-state index in [1.54, 1.807) is 0 Å². The van der Waals surface area contributed by atoms with Crippen molar-refractivity contribution in [2.24, 2.45) is 17.4 Å². The highest BCUT2D eigenvalue weighted by atomic mass is 16.4. The summed E-state index contributed by atoms with van der Waals surface area (Å²) in [6.07, 6.45) is 4.03. The normalized spacial score (nSPS) is 14.1. The van der Waals surface area contributed by atoms with Gasteiger partial charge in [-0.3, -0.25) is 9.59 Å². The zero-order valence-electron chi connectivity index (χ0n) is 10.7. The molecule has 0 amide bonds. The Kier molecular flexibility index (Phi) is 9.22. The molecule has 6 N–H and O–H groups in total. The molecule has 106 valence electrons. The molecule has 0 aromatic carbocycles. The number of carbonyl (C=O) groups is 2. The zero-order valence-corrected chi connectivity index (χ0v) is 10.7. The number of aliphatic carboxylic acids is 2. The van der Waals surface area contributed by atoms with Crippen LogP contribution in [0.3, 0.4) is 0 Å². The molecule has 0 aromatic rings. The Morgan fingerprint density at radius 1 is 1.00 bits per heavy atom. The van der Waals surface area contributed by atoms with E-state index in [-0.39, 0.29) is 6.42 Å². The number of carboxylic acid groups (broad SMARTS) is 2. The van der Waals surface area contributed by atoms with Crippen LogP contribution >= 0.6 is 0 Å². The first-order valence-corrected chi connectivity index (χ1v) is 6.39. The Morgan fingerprint density at radius 3 is 2.17 bits per heavy atom. The molecule has 2 atom stereocenters. The molecule has 0 saturated heterocycles. The molecule has 0 spiro atoms. The lowest BCUT2D eigenvalue weighted by Gasteiger charge is -2.19. The second-order valence-electron chi connectivity index (χ2n) is 4.53. The zero-order chi connectivity index (χ0) is 14.0. The van der Waals surface area contributed by atoms with Gasteiger partial charge in [0, 0.05) is 12.5 Å².